The van der Waals surface area contributed by atoms with Crippen LogP contribution >= 0.6 is 11.8 Å². The predicted molar refractivity (Wildman–Crippen MR) is 89.0 cm³/mol. The monoisotopic (exact) mass is 326 g/mol. The van der Waals surface area contributed by atoms with Gasteiger partial charge in [0.15, 0.2) is 0 Å². The lowest BCUT2D eigenvalue weighted by Crippen LogP contribution is -2.24. The number of imide groups is 1. The summed E-state index contributed by atoms with van der Waals surface area (Å²) in [5.74, 6) is -1.05. The molecule has 2 aromatic rings. The molecule has 0 saturated heterocycles. The predicted octanol–water partition coefficient (Wildman–Crippen LogP) is 2.89. The molecule has 3 amide bonds. The molecule has 1 heterocycles. The van der Waals surface area contributed by atoms with Crippen LogP contribution in [-0.2, 0) is 0 Å². The largest absolute Gasteiger partial charge is 0.322 e. The van der Waals surface area contributed by atoms with Crippen LogP contribution in [-0.4, -0.2) is 35.9 Å². The minimum atomic E-state index is -0.385. The standard InChI is InChI=1S/C17H14N2O3S/c1-19-16(21)13-7-6-10(8-14(13)17(19)22)15(20)18-11-4-3-5-12(9-11)23-2/h3-9H,1-2H3,(H,18,20). The number of anilines is 1. The Bertz CT molecular complexity index is 832. The Morgan fingerprint density at radius 2 is 1.78 bits per heavy atom. The van der Waals surface area contributed by atoms with Crippen molar-refractivity contribution in [3.8, 4) is 0 Å². The maximum atomic E-state index is 12.4. The van der Waals surface area contributed by atoms with Crippen molar-refractivity contribution >= 4 is 35.2 Å². The zero-order valence-corrected chi connectivity index (χ0v) is 13.4. The van der Waals surface area contributed by atoms with Crippen LogP contribution in [0.4, 0.5) is 5.69 Å². The van der Waals surface area contributed by atoms with Crippen LogP contribution in [0, 0.1) is 0 Å². The molecule has 1 N–H and O–H groups in total. The second-order valence-electron chi connectivity index (χ2n) is 5.12. The molecule has 0 fully saturated rings. The highest BCUT2D eigenvalue weighted by atomic mass is 32.2. The molecule has 0 atom stereocenters. The number of carbonyl (C=O) groups excluding carboxylic acids is 3. The number of nitrogens with zero attached hydrogens (tertiary/aromatic N) is 1. The summed E-state index contributed by atoms with van der Waals surface area (Å²) in [6.07, 6.45) is 1.96. The van der Waals surface area contributed by atoms with E-state index in [9.17, 15) is 14.4 Å². The normalized spacial score (nSPS) is 13.2. The maximum absolute atomic E-state index is 12.4. The van der Waals surface area contributed by atoms with E-state index in [1.54, 1.807) is 23.9 Å². The van der Waals surface area contributed by atoms with Gasteiger partial charge in [-0.15, -0.1) is 11.8 Å². The lowest BCUT2D eigenvalue weighted by molar-refractivity contribution is 0.0693. The molecule has 1 aliphatic heterocycles. The zero-order valence-electron chi connectivity index (χ0n) is 12.6. The van der Waals surface area contributed by atoms with Gasteiger partial charge in [0.1, 0.15) is 0 Å². The number of carbonyl (C=O) groups is 3. The molecule has 0 bridgehead atoms. The molecule has 0 aromatic heterocycles. The molecule has 2 aromatic carbocycles. The SMILES string of the molecule is CSc1cccc(NC(=O)c2ccc3c(c2)C(=O)N(C)C3=O)c1. The molecule has 116 valence electrons. The van der Waals surface area contributed by atoms with Gasteiger partial charge < -0.3 is 5.32 Å². The highest BCUT2D eigenvalue weighted by Crippen LogP contribution is 2.24. The Kier molecular flexibility index (Phi) is 3.92. The molecular weight excluding hydrogens is 312 g/mol. The summed E-state index contributed by atoms with van der Waals surface area (Å²) in [7, 11) is 1.43. The van der Waals surface area contributed by atoms with Crippen LogP contribution in [0.3, 0.4) is 0 Å². The number of benzene rings is 2. The fourth-order valence-corrected chi connectivity index (χ4v) is 2.87. The average molecular weight is 326 g/mol. The third-order valence-electron chi connectivity index (χ3n) is 3.68. The Balaban J connectivity index is 1.87. The summed E-state index contributed by atoms with van der Waals surface area (Å²) in [5.41, 5.74) is 1.62. The Morgan fingerprint density at radius 3 is 2.52 bits per heavy atom. The molecule has 0 spiro atoms. The summed E-state index contributed by atoms with van der Waals surface area (Å²) in [6.45, 7) is 0. The first-order chi connectivity index (χ1) is 11.0. The summed E-state index contributed by atoms with van der Waals surface area (Å²) in [5, 5.41) is 2.80. The van der Waals surface area contributed by atoms with Crippen molar-refractivity contribution in [3.05, 3.63) is 59.2 Å². The molecule has 3 rings (SSSR count). The van der Waals surface area contributed by atoms with E-state index >= 15 is 0 Å². The Hall–Kier alpha value is -2.60. The zero-order chi connectivity index (χ0) is 16.6. The van der Waals surface area contributed by atoms with Crippen LogP contribution in [0.15, 0.2) is 47.4 Å². The van der Waals surface area contributed by atoms with E-state index in [0.717, 1.165) is 9.80 Å². The van der Waals surface area contributed by atoms with E-state index in [1.165, 1.54) is 19.2 Å². The van der Waals surface area contributed by atoms with Gasteiger partial charge >= 0.3 is 0 Å². The van der Waals surface area contributed by atoms with Crippen LogP contribution in [0.25, 0.3) is 0 Å². The van der Waals surface area contributed by atoms with Crippen molar-refractivity contribution in [1.29, 1.82) is 0 Å². The van der Waals surface area contributed by atoms with Gasteiger partial charge in [-0.2, -0.15) is 0 Å². The van der Waals surface area contributed by atoms with E-state index in [-0.39, 0.29) is 23.3 Å². The van der Waals surface area contributed by atoms with Crippen molar-refractivity contribution in [1.82, 2.24) is 4.90 Å². The second kappa shape index (κ2) is 5.89. The third kappa shape index (κ3) is 2.73. The van der Waals surface area contributed by atoms with Crippen molar-refractivity contribution in [2.45, 2.75) is 4.90 Å². The lowest BCUT2D eigenvalue weighted by atomic mass is 10.1. The summed E-state index contributed by atoms with van der Waals surface area (Å²) in [6, 6.07) is 12.0. The van der Waals surface area contributed by atoms with Crippen LogP contribution < -0.4 is 5.32 Å². The van der Waals surface area contributed by atoms with Crippen LogP contribution in [0.1, 0.15) is 31.1 Å². The van der Waals surface area contributed by atoms with Gasteiger partial charge in [0.2, 0.25) is 0 Å². The minimum Gasteiger partial charge on any atom is -0.322 e. The quantitative estimate of drug-likeness (QED) is 0.696. The molecule has 0 saturated carbocycles. The number of nitrogens with one attached hydrogen (secondary N) is 1. The molecule has 6 heteroatoms. The minimum absolute atomic E-state index is 0.267. The Morgan fingerprint density at radius 1 is 1.04 bits per heavy atom. The molecular formula is C17H14N2O3S. The number of hydrogen-bond acceptors (Lipinski definition) is 4. The van der Waals surface area contributed by atoms with E-state index < -0.39 is 0 Å². The van der Waals surface area contributed by atoms with Gasteiger partial charge in [-0.05, 0) is 42.7 Å². The first-order valence-electron chi connectivity index (χ1n) is 6.93. The first-order valence-corrected chi connectivity index (χ1v) is 8.15. The average Bonchev–Trinajstić information content (AvgIpc) is 2.79. The fraction of sp³-hybridized carbons (Fsp3) is 0.118. The molecule has 5 nitrogen and oxygen atoms in total. The maximum Gasteiger partial charge on any atom is 0.261 e. The van der Waals surface area contributed by atoms with Gasteiger partial charge in [-0.25, -0.2) is 0 Å². The lowest BCUT2D eigenvalue weighted by Gasteiger charge is -2.07. The number of rotatable bonds is 3. The van der Waals surface area contributed by atoms with Crippen molar-refractivity contribution < 1.29 is 14.4 Å². The molecule has 1 aliphatic rings. The van der Waals surface area contributed by atoms with Crippen molar-refractivity contribution in [2.75, 3.05) is 18.6 Å². The molecule has 0 radical (unpaired) electrons. The van der Waals surface area contributed by atoms with Gasteiger partial charge in [0, 0.05) is 23.2 Å². The van der Waals surface area contributed by atoms with Gasteiger partial charge in [-0.3, -0.25) is 19.3 Å². The first kappa shape index (κ1) is 15.3. The smallest absolute Gasteiger partial charge is 0.261 e. The third-order valence-corrected chi connectivity index (χ3v) is 4.40. The van der Waals surface area contributed by atoms with E-state index in [0.29, 0.717) is 16.8 Å². The highest BCUT2D eigenvalue weighted by molar-refractivity contribution is 7.98. The Labute approximate surface area is 137 Å². The van der Waals surface area contributed by atoms with E-state index in [4.69, 9.17) is 0 Å². The van der Waals surface area contributed by atoms with Gasteiger partial charge in [0.05, 0.1) is 11.1 Å². The number of amides is 3. The number of hydrogen-bond donors (Lipinski definition) is 1. The summed E-state index contributed by atoms with van der Waals surface area (Å²) in [4.78, 5) is 38.3. The van der Waals surface area contributed by atoms with Crippen molar-refractivity contribution in [3.63, 3.8) is 0 Å². The van der Waals surface area contributed by atoms with E-state index in [2.05, 4.69) is 5.32 Å². The van der Waals surface area contributed by atoms with Crippen molar-refractivity contribution in [2.24, 2.45) is 0 Å². The van der Waals surface area contributed by atoms with Gasteiger partial charge in [-0.1, -0.05) is 6.07 Å². The van der Waals surface area contributed by atoms with Crippen LogP contribution in [0.5, 0.6) is 0 Å². The van der Waals surface area contributed by atoms with Crippen LogP contribution in [0.2, 0.25) is 0 Å². The fourth-order valence-electron chi connectivity index (χ4n) is 2.41. The molecule has 23 heavy (non-hydrogen) atoms. The topological polar surface area (TPSA) is 66.5 Å². The number of thioether (sulfide) groups is 1. The van der Waals surface area contributed by atoms with E-state index in [1.807, 2.05) is 24.5 Å². The number of fused-ring (bicyclic) bond motifs is 1. The van der Waals surface area contributed by atoms with Gasteiger partial charge in [0.25, 0.3) is 17.7 Å². The second-order valence-corrected chi connectivity index (χ2v) is 6.00. The highest BCUT2D eigenvalue weighted by Gasteiger charge is 2.33. The summed E-state index contributed by atoms with van der Waals surface area (Å²) < 4.78 is 0. The molecule has 0 unspecified atom stereocenters. The molecule has 0 aliphatic carbocycles. The summed E-state index contributed by atoms with van der Waals surface area (Å²) >= 11 is 1.58.